The van der Waals surface area contributed by atoms with E-state index in [1.807, 2.05) is 0 Å². The second kappa shape index (κ2) is 6.96. The molecule has 0 amide bonds. The number of aliphatic hydroxyl groups excluding tert-OH is 2. The summed E-state index contributed by atoms with van der Waals surface area (Å²) in [7, 11) is 0. The zero-order valence-electron chi connectivity index (χ0n) is 12.9. The van der Waals surface area contributed by atoms with Crippen molar-refractivity contribution in [2.45, 2.75) is 6.10 Å². The third-order valence-electron chi connectivity index (χ3n) is 3.67. The molecule has 0 radical (unpaired) electrons. The topological polar surface area (TPSA) is 98.5 Å². The number of nitrogens with zero attached hydrogens (tertiary/aromatic N) is 2. The van der Waals surface area contributed by atoms with Crippen LogP contribution in [0.1, 0.15) is 0 Å². The number of aromatic hydroxyl groups is 1. The molecule has 0 saturated heterocycles. The van der Waals surface area contributed by atoms with Gasteiger partial charge in [-0.1, -0.05) is 24.3 Å². The molecule has 130 valence electrons. The van der Waals surface area contributed by atoms with E-state index in [-0.39, 0.29) is 17.8 Å². The summed E-state index contributed by atoms with van der Waals surface area (Å²) in [6.45, 7) is -0.365. The minimum Gasteiger partial charge on any atom is -0.507 e. The SMILES string of the molecule is OC[C@@H](O)CNc1nnc(-c2c(O)cc(F)cc2F)c2ccccc12. The molecule has 0 aliphatic carbocycles. The molecule has 0 fully saturated rings. The first-order valence-corrected chi connectivity index (χ1v) is 7.48. The number of rotatable bonds is 5. The van der Waals surface area contributed by atoms with E-state index < -0.39 is 30.1 Å². The highest BCUT2D eigenvalue weighted by Gasteiger charge is 2.19. The minimum atomic E-state index is -0.973. The Labute approximate surface area is 141 Å². The van der Waals surface area contributed by atoms with Gasteiger partial charge in [0.1, 0.15) is 23.1 Å². The average Bonchev–Trinajstić information content (AvgIpc) is 2.59. The Morgan fingerprint density at radius 2 is 1.80 bits per heavy atom. The number of hydrogen-bond acceptors (Lipinski definition) is 6. The molecule has 1 aromatic heterocycles. The Kier molecular flexibility index (Phi) is 4.73. The highest BCUT2D eigenvalue weighted by molar-refractivity contribution is 6.00. The smallest absolute Gasteiger partial charge is 0.156 e. The van der Waals surface area contributed by atoms with Crippen molar-refractivity contribution >= 4 is 16.6 Å². The quantitative estimate of drug-likeness (QED) is 0.564. The Morgan fingerprint density at radius 3 is 2.48 bits per heavy atom. The fourth-order valence-electron chi connectivity index (χ4n) is 2.49. The van der Waals surface area contributed by atoms with E-state index in [1.165, 1.54) is 0 Å². The lowest BCUT2D eigenvalue weighted by Gasteiger charge is -2.13. The van der Waals surface area contributed by atoms with Crippen LogP contribution in [0.3, 0.4) is 0 Å². The van der Waals surface area contributed by atoms with Crippen molar-refractivity contribution in [2.75, 3.05) is 18.5 Å². The van der Waals surface area contributed by atoms with E-state index in [9.17, 15) is 19.0 Å². The molecule has 0 aliphatic rings. The van der Waals surface area contributed by atoms with E-state index in [0.29, 0.717) is 22.7 Å². The third kappa shape index (κ3) is 3.35. The fourth-order valence-corrected chi connectivity index (χ4v) is 2.49. The van der Waals surface area contributed by atoms with Gasteiger partial charge >= 0.3 is 0 Å². The van der Waals surface area contributed by atoms with Crippen molar-refractivity contribution in [1.82, 2.24) is 10.2 Å². The monoisotopic (exact) mass is 347 g/mol. The van der Waals surface area contributed by atoms with Gasteiger partial charge in [-0.05, 0) is 0 Å². The zero-order valence-corrected chi connectivity index (χ0v) is 12.9. The molecule has 4 N–H and O–H groups in total. The molecule has 3 rings (SSSR count). The fraction of sp³-hybridized carbons (Fsp3) is 0.176. The molecular weight excluding hydrogens is 332 g/mol. The first-order valence-electron chi connectivity index (χ1n) is 7.48. The standard InChI is InChI=1S/C17H15F2N3O3/c18-9-5-13(19)15(14(25)6-9)16-11-3-1-2-4-12(11)17(22-21-16)20-7-10(24)8-23/h1-6,10,23-25H,7-8H2,(H,20,22)/t10-/m0/s1. The van der Waals surface area contributed by atoms with Gasteiger partial charge in [-0.25, -0.2) is 8.78 Å². The first kappa shape index (κ1) is 17.0. The van der Waals surface area contributed by atoms with Crippen molar-refractivity contribution in [2.24, 2.45) is 0 Å². The molecular formula is C17H15F2N3O3. The summed E-state index contributed by atoms with van der Waals surface area (Å²) in [5.74, 6) is -2.09. The summed E-state index contributed by atoms with van der Waals surface area (Å²) < 4.78 is 27.4. The van der Waals surface area contributed by atoms with Crippen LogP contribution in [0.15, 0.2) is 36.4 Å². The summed E-state index contributed by atoms with van der Waals surface area (Å²) in [5, 5.41) is 40.1. The maximum absolute atomic E-state index is 14.2. The average molecular weight is 347 g/mol. The maximum Gasteiger partial charge on any atom is 0.156 e. The van der Waals surface area contributed by atoms with Crippen LogP contribution in [0.4, 0.5) is 14.6 Å². The van der Waals surface area contributed by atoms with Crippen molar-refractivity contribution in [3.05, 3.63) is 48.0 Å². The molecule has 0 spiro atoms. The van der Waals surface area contributed by atoms with Gasteiger partial charge in [0, 0.05) is 29.4 Å². The number of fused-ring (bicyclic) bond motifs is 1. The molecule has 0 aliphatic heterocycles. The zero-order chi connectivity index (χ0) is 18.0. The Hall–Kier alpha value is -2.84. The lowest BCUT2D eigenvalue weighted by molar-refractivity contribution is 0.105. The number of anilines is 1. The molecule has 6 nitrogen and oxygen atoms in total. The highest BCUT2D eigenvalue weighted by Crippen LogP contribution is 2.36. The minimum absolute atomic E-state index is 0.0463. The number of halogens is 2. The molecule has 0 bridgehead atoms. The van der Waals surface area contributed by atoms with Gasteiger partial charge in [-0.3, -0.25) is 0 Å². The van der Waals surface area contributed by atoms with E-state index in [1.54, 1.807) is 24.3 Å². The number of benzene rings is 2. The van der Waals surface area contributed by atoms with E-state index in [4.69, 9.17) is 5.11 Å². The number of nitrogens with one attached hydrogen (secondary N) is 1. The van der Waals surface area contributed by atoms with Gasteiger partial charge in [-0.15, -0.1) is 10.2 Å². The van der Waals surface area contributed by atoms with Gasteiger partial charge in [0.25, 0.3) is 0 Å². The van der Waals surface area contributed by atoms with E-state index in [0.717, 1.165) is 6.07 Å². The van der Waals surface area contributed by atoms with Crippen LogP contribution < -0.4 is 5.32 Å². The second-order valence-corrected chi connectivity index (χ2v) is 5.44. The lowest BCUT2D eigenvalue weighted by atomic mass is 10.0. The summed E-state index contributed by atoms with van der Waals surface area (Å²) in [4.78, 5) is 0. The normalized spacial score (nSPS) is 12.3. The maximum atomic E-state index is 14.2. The van der Waals surface area contributed by atoms with Gasteiger partial charge < -0.3 is 20.6 Å². The largest absolute Gasteiger partial charge is 0.507 e. The van der Waals surface area contributed by atoms with Crippen LogP contribution in [0.5, 0.6) is 5.75 Å². The summed E-state index contributed by atoms with van der Waals surface area (Å²) in [6, 6.07) is 8.28. The van der Waals surface area contributed by atoms with Crippen LogP contribution in [-0.4, -0.2) is 44.8 Å². The van der Waals surface area contributed by atoms with Gasteiger partial charge in [0.15, 0.2) is 5.82 Å². The number of phenols is 1. The van der Waals surface area contributed by atoms with E-state index in [2.05, 4.69) is 15.5 Å². The van der Waals surface area contributed by atoms with Crippen molar-refractivity contribution in [1.29, 1.82) is 0 Å². The van der Waals surface area contributed by atoms with Crippen LogP contribution in [0.25, 0.3) is 22.0 Å². The van der Waals surface area contributed by atoms with Crippen molar-refractivity contribution in [3.8, 4) is 17.0 Å². The van der Waals surface area contributed by atoms with Crippen LogP contribution in [0.2, 0.25) is 0 Å². The molecule has 1 heterocycles. The molecule has 1 atom stereocenters. The van der Waals surface area contributed by atoms with Gasteiger partial charge in [0.05, 0.1) is 18.3 Å². The second-order valence-electron chi connectivity index (χ2n) is 5.44. The molecule has 8 heteroatoms. The summed E-state index contributed by atoms with van der Waals surface area (Å²) >= 11 is 0. The van der Waals surface area contributed by atoms with Gasteiger partial charge in [-0.2, -0.15) is 0 Å². The number of phenolic OH excluding ortho intramolecular Hbond substituents is 1. The Morgan fingerprint density at radius 1 is 1.08 bits per heavy atom. The molecule has 3 aromatic rings. The number of hydrogen-bond donors (Lipinski definition) is 4. The molecule has 25 heavy (non-hydrogen) atoms. The third-order valence-corrected chi connectivity index (χ3v) is 3.67. The van der Waals surface area contributed by atoms with Crippen molar-refractivity contribution < 1.29 is 24.1 Å². The first-order chi connectivity index (χ1) is 12.0. The van der Waals surface area contributed by atoms with Crippen LogP contribution >= 0.6 is 0 Å². The molecule has 2 aromatic carbocycles. The van der Waals surface area contributed by atoms with Crippen molar-refractivity contribution in [3.63, 3.8) is 0 Å². The highest BCUT2D eigenvalue weighted by atomic mass is 19.1. The predicted molar refractivity (Wildman–Crippen MR) is 88.1 cm³/mol. The summed E-state index contributed by atoms with van der Waals surface area (Å²) in [6.07, 6.45) is -0.973. The number of aromatic nitrogens is 2. The molecule has 0 saturated carbocycles. The van der Waals surface area contributed by atoms with Gasteiger partial charge in [0.2, 0.25) is 0 Å². The Bertz CT molecular complexity index is 898. The summed E-state index contributed by atoms with van der Waals surface area (Å²) in [5.41, 5.74) is -0.175. The number of aliphatic hydroxyl groups is 2. The Balaban J connectivity index is 2.13. The predicted octanol–water partition coefficient (Wildman–Crippen LogP) is 2.05. The van der Waals surface area contributed by atoms with Crippen LogP contribution in [0, 0.1) is 11.6 Å². The lowest BCUT2D eigenvalue weighted by Crippen LogP contribution is -2.23. The molecule has 0 unspecified atom stereocenters. The van der Waals surface area contributed by atoms with Crippen LogP contribution in [-0.2, 0) is 0 Å². The van der Waals surface area contributed by atoms with E-state index >= 15 is 0 Å².